The largest absolute Gasteiger partial charge is 0.481 e. The zero-order valence-electron chi connectivity index (χ0n) is 22.0. The third-order valence-corrected chi connectivity index (χ3v) is 5.61. The zero-order chi connectivity index (χ0) is 32.7. The third-order valence-electron chi connectivity index (χ3n) is 5.61. The van der Waals surface area contributed by atoms with Crippen molar-refractivity contribution in [3.8, 4) is 33.8 Å². The lowest BCUT2D eigenvalue weighted by molar-refractivity contribution is -0.140. The molecule has 4 aromatic rings. The highest BCUT2D eigenvalue weighted by Crippen LogP contribution is 2.38. The topological polar surface area (TPSA) is 93.1 Å². The number of alkyl halides is 6. The van der Waals surface area contributed by atoms with Crippen molar-refractivity contribution in [3.05, 3.63) is 108 Å². The fourth-order valence-corrected chi connectivity index (χ4v) is 3.68. The first-order chi connectivity index (χ1) is 20.5. The molecule has 0 amide bonds. The molecule has 0 aromatic heterocycles. The second-order valence-electron chi connectivity index (χ2n) is 8.80. The van der Waals surface area contributed by atoms with Gasteiger partial charge in [-0.25, -0.2) is 18.4 Å². The summed E-state index contributed by atoms with van der Waals surface area (Å²) >= 11 is 0. The molecule has 4 aromatic carbocycles. The first-order valence-corrected chi connectivity index (χ1v) is 12.2. The van der Waals surface area contributed by atoms with Gasteiger partial charge in [0.05, 0.1) is 11.1 Å². The predicted octanol–water partition coefficient (Wildman–Crippen LogP) is 7.95. The first-order valence-electron chi connectivity index (χ1n) is 12.2. The van der Waals surface area contributed by atoms with Crippen molar-refractivity contribution in [2.75, 3.05) is 13.2 Å². The molecule has 0 aliphatic carbocycles. The van der Waals surface area contributed by atoms with Crippen LogP contribution in [0.5, 0.6) is 11.5 Å². The SMILES string of the molecule is O=C(O)COc1ccc(C(F)(F)F)cc1-c1ccc(F)cc1.O=C(O)COc1ccc(C(F)(F)F)cc1-c1cccc(F)c1. The Balaban J connectivity index is 0.000000240. The van der Waals surface area contributed by atoms with E-state index in [9.17, 15) is 44.7 Å². The molecule has 14 heteroatoms. The minimum absolute atomic E-state index is 0.0259. The molecule has 0 spiro atoms. The maximum absolute atomic E-state index is 13.3. The summed E-state index contributed by atoms with van der Waals surface area (Å²) in [7, 11) is 0. The number of rotatable bonds is 8. The monoisotopic (exact) mass is 628 g/mol. The van der Waals surface area contributed by atoms with Gasteiger partial charge in [0.25, 0.3) is 0 Å². The number of halogens is 8. The number of benzene rings is 4. The van der Waals surface area contributed by atoms with E-state index in [4.69, 9.17) is 19.7 Å². The van der Waals surface area contributed by atoms with Gasteiger partial charge < -0.3 is 19.7 Å². The molecule has 0 bridgehead atoms. The molecule has 0 saturated carbocycles. The van der Waals surface area contributed by atoms with Crippen molar-refractivity contribution in [1.82, 2.24) is 0 Å². The molecule has 0 radical (unpaired) electrons. The number of hydrogen-bond donors (Lipinski definition) is 2. The van der Waals surface area contributed by atoms with E-state index in [1.165, 1.54) is 24.3 Å². The second kappa shape index (κ2) is 13.9. The summed E-state index contributed by atoms with van der Waals surface area (Å²) in [5, 5.41) is 17.2. The van der Waals surface area contributed by atoms with Crippen molar-refractivity contribution in [3.63, 3.8) is 0 Å². The molecular formula is C30H20F8O6. The van der Waals surface area contributed by atoms with E-state index in [0.717, 1.165) is 60.7 Å². The molecule has 6 nitrogen and oxygen atoms in total. The van der Waals surface area contributed by atoms with Gasteiger partial charge in [0.1, 0.15) is 23.1 Å². The molecule has 232 valence electrons. The van der Waals surface area contributed by atoms with E-state index in [0.29, 0.717) is 0 Å². The van der Waals surface area contributed by atoms with E-state index in [1.54, 1.807) is 0 Å². The molecule has 0 heterocycles. The number of hydrogen-bond acceptors (Lipinski definition) is 4. The average Bonchev–Trinajstić information content (AvgIpc) is 2.94. The molecule has 4 rings (SSSR count). The number of carboxylic acids is 2. The quantitative estimate of drug-likeness (QED) is 0.193. The van der Waals surface area contributed by atoms with Crippen LogP contribution in [0.15, 0.2) is 84.9 Å². The van der Waals surface area contributed by atoms with Gasteiger partial charge in [-0.3, -0.25) is 0 Å². The number of carboxylic acid groups (broad SMARTS) is 2. The Labute approximate surface area is 243 Å². The van der Waals surface area contributed by atoms with Gasteiger partial charge >= 0.3 is 24.3 Å². The summed E-state index contributed by atoms with van der Waals surface area (Å²) in [5.74, 6) is -3.79. The van der Waals surface area contributed by atoms with Gasteiger partial charge in [-0.2, -0.15) is 26.3 Å². The molecular weight excluding hydrogens is 608 g/mol. The summed E-state index contributed by atoms with van der Waals surface area (Å²) < 4.78 is 113. The zero-order valence-corrected chi connectivity index (χ0v) is 22.0. The van der Waals surface area contributed by atoms with Crippen LogP contribution >= 0.6 is 0 Å². The Morgan fingerprint density at radius 1 is 0.568 bits per heavy atom. The van der Waals surface area contributed by atoms with Gasteiger partial charge in [-0.15, -0.1) is 0 Å². The molecule has 0 aliphatic heterocycles. The highest BCUT2D eigenvalue weighted by atomic mass is 19.4. The molecule has 2 N–H and O–H groups in total. The minimum atomic E-state index is -4.58. The van der Waals surface area contributed by atoms with E-state index < -0.39 is 60.3 Å². The number of ether oxygens (including phenoxy) is 2. The lowest BCUT2D eigenvalue weighted by atomic mass is 10.0. The van der Waals surface area contributed by atoms with Crippen molar-refractivity contribution >= 4 is 11.9 Å². The Hall–Kier alpha value is -5.14. The molecule has 0 unspecified atom stereocenters. The Morgan fingerprint density at radius 2 is 1.02 bits per heavy atom. The van der Waals surface area contributed by atoms with E-state index >= 15 is 0 Å². The van der Waals surface area contributed by atoms with Gasteiger partial charge in [0.2, 0.25) is 0 Å². The maximum atomic E-state index is 13.3. The van der Waals surface area contributed by atoms with E-state index in [2.05, 4.69) is 0 Å². The fraction of sp³-hybridized carbons (Fsp3) is 0.133. The highest BCUT2D eigenvalue weighted by Gasteiger charge is 2.32. The van der Waals surface area contributed by atoms with Crippen LogP contribution in [0, 0.1) is 11.6 Å². The minimum Gasteiger partial charge on any atom is -0.481 e. The van der Waals surface area contributed by atoms with Gasteiger partial charge in [-0.1, -0.05) is 24.3 Å². The van der Waals surface area contributed by atoms with Gasteiger partial charge in [-0.05, 0) is 71.8 Å². The lowest BCUT2D eigenvalue weighted by Crippen LogP contribution is -2.11. The second-order valence-corrected chi connectivity index (χ2v) is 8.80. The van der Waals surface area contributed by atoms with Crippen LogP contribution < -0.4 is 9.47 Å². The van der Waals surface area contributed by atoms with Crippen LogP contribution in [0.2, 0.25) is 0 Å². The van der Waals surface area contributed by atoms with Gasteiger partial charge in [0, 0.05) is 11.1 Å². The smallest absolute Gasteiger partial charge is 0.416 e. The average molecular weight is 628 g/mol. The summed E-state index contributed by atoms with van der Waals surface area (Å²) in [6, 6.07) is 15.0. The molecule has 0 atom stereocenters. The maximum Gasteiger partial charge on any atom is 0.416 e. The molecule has 44 heavy (non-hydrogen) atoms. The summed E-state index contributed by atoms with van der Waals surface area (Å²) in [5.41, 5.74) is -1.39. The Kier molecular flexibility index (Phi) is 10.5. The van der Waals surface area contributed by atoms with Gasteiger partial charge in [0.15, 0.2) is 13.2 Å². The van der Waals surface area contributed by atoms with Crippen LogP contribution in [0.1, 0.15) is 11.1 Å². The van der Waals surface area contributed by atoms with Crippen LogP contribution in [-0.2, 0) is 21.9 Å². The lowest BCUT2D eigenvalue weighted by Gasteiger charge is -2.14. The van der Waals surface area contributed by atoms with Crippen LogP contribution in [0.4, 0.5) is 35.1 Å². The standard InChI is InChI=1S/2C15H10F4O3/c16-11-4-1-9(2-5-11)12-7-10(15(17,18)19)3-6-13(12)22-8-14(20)21;16-11-3-1-2-9(6-11)12-7-10(15(17,18)19)4-5-13(12)22-8-14(20)21/h2*1-7H,8H2,(H,20,21). The summed E-state index contributed by atoms with van der Waals surface area (Å²) in [6.07, 6.45) is -9.13. The fourth-order valence-electron chi connectivity index (χ4n) is 3.68. The number of carbonyl (C=O) groups is 2. The van der Waals surface area contributed by atoms with Crippen molar-refractivity contribution in [1.29, 1.82) is 0 Å². The molecule has 0 aliphatic rings. The number of aliphatic carboxylic acids is 2. The molecule has 0 saturated heterocycles. The third kappa shape index (κ3) is 9.44. The highest BCUT2D eigenvalue weighted by molar-refractivity contribution is 5.74. The van der Waals surface area contributed by atoms with E-state index in [-0.39, 0.29) is 33.8 Å². The van der Waals surface area contributed by atoms with E-state index in [1.807, 2.05) is 0 Å². The summed E-state index contributed by atoms with van der Waals surface area (Å²) in [4.78, 5) is 21.1. The Bertz CT molecular complexity index is 1620. The van der Waals surface area contributed by atoms with Crippen LogP contribution in [0.25, 0.3) is 22.3 Å². The normalized spacial score (nSPS) is 11.3. The summed E-state index contributed by atoms with van der Waals surface area (Å²) in [6.45, 7) is -1.41. The molecule has 0 fully saturated rings. The van der Waals surface area contributed by atoms with Crippen molar-refractivity contribution in [2.45, 2.75) is 12.4 Å². The van der Waals surface area contributed by atoms with Crippen molar-refractivity contribution in [2.24, 2.45) is 0 Å². The van der Waals surface area contributed by atoms with Crippen LogP contribution in [-0.4, -0.2) is 35.4 Å². The first kappa shape index (κ1) is 33.4. The predicted molar refractivity (Wildman–Crippen MR) is 140 cm³/mol. The Morgan fingerprint density at radius 3 is 1.43 bits per heavy atom. The van der Waals surface area contributed by atoms with Crippen molar-refractivity contribution < 1.29 is 64.4 Å². The van der Waals surface area contributed by atoms with Crippen LogP contribution in [0.3, 0.4) is 0 Å².